The van der Waals surface area contributed by atoms with E-state index in [1.165, 1.54) is 36.7 Å². The summed E-state index contributed by atoms with van der Waals surface area (Å²) < 4.78 is 25.9. The number of aromatic nitrogens is 5. The summed E-state index contributed by atoms with van der Waals surface area (Å²) in [4.78, 5) is 11.4. The van der Waals surface area contributed by atoms with Gasteiger partial charge in [-0.05, 0) is 48.5 Å². The molecule has 5 aromatic rings. The molecule has 0 aliphatic rings. The Hall–Kier alpha value is -3.43. The number of anilines is 2. The van der Waals surface area contributed by atoms with Crippen LogP contribution >= 0.6 is 11.6 Å². The number of nitrogens with zero attached hydrogens (tertiary/aromatic N) is 3. The van der Waals surface area contributed by atoms with Gasteiger partial charge in [0.25, 0.3) is 0 Å². The van der Waals surface area contributed by atoms with Crippen LogP contribution in [0, 0.1) is 0 Å². The van der Waals surface area contributed by atoms with E-state index in [2.05, 4.69) is 30.5 Å². The second-order valence-electron chi connectivity index (χ2n) is 6.37. The molecular formula is C19H13ClN6O2S. The van der Waals surface area contributed by atoms with Gasteiger partial charge in [0.15, 0.2) is 0 Å². The van der Waals surface area contributed by atoms with Gasteiger partial charge in [-0.2, -0.15) is 5.10 Å². The van der Waals surface area contributed by atoms with Crippen LogP contribution in [0.25, 0.3) is 21.9 Å². The molecule has 2 aromatic carbocycles. The van der Waals surface area contributed by atoms with E-state index in [1.54, 1.807) is 6.20 Å². The summed E-state index contributed by atoms with van der Waals surface area (Å²) in [5.74, 6) is 0.492. The quantitative estimate of drug-likeness (QED) is 0.400. The summed E-state index contributed by atoms with van der Waals surface area (Å²) in [6, 6.07) is 13.2. The number of sulfone groups is 1. The van der Waals surface area contributed by atoms with Crippen LogP contribution in [0.3, 0.4) is 0 Å². The Kier molecular flexibility index (Phi) is 4.00. The lowest BCUT2D eigenvalue weighted by Gasteiger charge is -2.06. The SMILES string of the molecule is O=S(=O)(c1ccc(Cl)cc1)c1cc2c(Nc3ccc4[nH]ncc4c3)ncnc2[nH]1. The summed E-state index contributed by atoms with van der Waals surface area (Å²) in [6.45, 7) is 0. The summed E-state index contributed by atoms with van der Waals surface area (Å²) in [5.41, 5.74) is 2.13. The number of benzene rings is 2. The van der Waals surface area contributed by atoms with Crippen molar-refractivity contribution in [3.05, 3.63) is 66.1 Å². The van der Waals surface area contributed by atoms with Gasteiger partial charge in [0.2, 0.25) is 9.84 Å². The lowest BCUT2D eigenvalue weighted by Crippen LogP contribution is -2.01. The molecule has 0 saturated carbocycles. The standard InChI is InChI=1S/C19H13ClN6O2S/c20-12-1-4-14(5-2-12)29(27,28)17-8-15-18(21-10-22-19(15)25-17)24-13-3-6-16-11(7-13)9-23-26-16/h1-10H,(H,23,26)(H2,21,22,24,25). The summed E-state index contributed by atoms with van der Waals surface area (Å²) in [5, 5.41) is 12.1. The lowest BCUT2D eigenvalue weighted by atomic mass is 10.2. The van der Waals surface area contributed by atoms with Crippen molar-refractivity contribution in [2.45, 2.75) is 9.92 Å². The average molecular weight is 425 g/mol. The second kappa shape index (κ2) is 6.57. The molecule has 8 nitrogen and oxygen atoms in total. The molecule has 0 spiro atoms. The molecule has 3 N–H and O–H groups in total. The Bertz CT molecular complexity index is 1460. The molecule has 3 heterocycles. The summed E-state index contributed by atoms with van der Waals surface area (Å²) in [7, 11) is -3.75. The summed E-state index contributed by atoms with van der Waals surface area (Å²) >= 11 is 5.86. The molecular weight excluding hydrogens is 412 g/mol. The van der Waals surface area contributed by atoms with Crippen molar-refractivity contribution < 1.29 is 8.42 Å². The zero-order valence-electron chi connectivity index (χ0n) is 14.7. The Morgan fingerprint density at radius 2 is 1.83 bits per heavy atom. The van der Waals surface area contributed by atoms with E-state index in [-0.39, 0.29) is 9.92 Å². The minimum Gasteiger partial charge on any atom is -0.340 e. The molecule has 0 bridgehead atoms. The minimum atomic E-state index is -3.75. The molecule has 144 valence electrons. The van der Waals surface area contributed by atoms with E-state index in [0.717, 1.165) is 16.6 Å². The molecule has 0 atom stereocenters. The van der Waals surface area contributed by atoms with Crippen LogP contribution < -0.4 is 5.32 Å². The van der Waals surface area contributed by atoms with Gasteiger partial charge in [-0.1, -0.05) is 11.6 Å². The maximum Gasteiger partial charge on any atom is 0.221 e. The Labute approximate surface area is 169 Å². The third kappa shape index (κ3) is 3.10. The van der Waals surface area contributed by atoms with Gasteiger partial charge in [0, 0.05) is 16.1 Å². The fraction of sp³-hybridized carbons (Fsp3) is 0. The van der Waals surface area contributed by atoms with Gasteiger partial charge in [-0.3, -0.25) is 5.10 Å². The van der Waals surface area contributed by atoms with Crippen molar-refractivity contribution in [3.63, 3.8) is 0 Å². The van der Waals surface area contributed by atoms with Gasteiger partial charge in [-0.15, -0.1) is 0 Å². The molecule has 0 aliphatic carbocycles. The Balaban J connectivity index is 1.56. The van der Waals surface area contributed by atoms with Gasteiger partial charge in [0.05, 0.1) is 22.0 Å². The van der Waals surface area contributed by atoms with E-state index < -0.39 is 9.84 Å². The number of nitrogens with one attached hydrogen (secondary N) is 3. The first kappa shape index (κ1) is 17.7. The zero-order chi connectivity index (χ0) is 20.0. The lowest BCUT2D eigenvalue weighted by molar-refractivity contribution is 0.593. The van der Waals surface area contributed by atoms with Gasteiger partial charge in [-0.25, -0.2) is 18.4 Å². The van der Waals surface area contributed by atoms with Crippen LogP contribution in [-0.2, 0) is 9.84 Å². The Morgan fingerprint density at radius 1 is 1.00 bits per heavy atom. The van der Waals surface area contributed by atoms with Crippen LogP contribution in [0.5, 0.6) is 0 Å². The highest BCUT2D eigenvalue weighted by atomic mass is 35.5. The van der Waals surface area contributed by atoms with E-state index in [1.807, 2.05) is 18.2 Å². The van der Waals surface area contributed by atoms with Gasteiger partial charge >= 0.3 is 0 Å². The molecule has 0 saturated heterocycles. The average Bonchev–Trinajstić information content (AvgIpc) is 3.35. The van der Waals surface area contributed by atoms with Crippen molar-refractivity contribution >= 4 is 54.9 Å². The second-order valence-corrected chi connectivity index (χ2v) is 8.73. The molecule has 29 heavy (non-hydrogen) atoms. The number of rotatable bonds is 4. The maximum atomic E-state index is 12.9. The first-order chi connectivity index (χ1) is 14.0. The number of aromatic amines is 2. The monoisotopic (exact) mass is 424 g/mol. The molecule has 0 unspecified atom stereocenters. The highest BCUT2D eigenvalue weighted by Crippen LogP contribution is 2.29. The first-order valence-corrected chi connectivity index (χ1v) is 10.4. The van der Waals surface area contributed by atoms with E-state index in [4.69, 9.17) is 11.6 Å². The van der Waals surface area contributed by atoms with Crippen molar-refractivity contribution in [1.29, 1.82) is 0 Å². The fourth-order valence-electron chi connectivity index (χ4n) is 3.06. The number of halogens is 1. The van der Waals surface area contributed by atoms with E-state index >= 15 is 0 Å². The first-order valence-electron chi connectivity index (χ1n) is 8.55. The predicted molar refractivity (Wildman–Crippen MR) is 110 cm³/mol. The maximum absolute atomic E-state index is 12.9. The van der Waals surface area contributed by atoms with E-state index in [9.17, 15) is 8.42 Å². The van der Waals surface area contributed by atoms with E-state index in [0.29, 0.717) is 21.9 Å². The molecule has 0 amide bonds. The number of H-pyrrole nitrogens is 2. The Morgan fingerprint density at radius 3 is 2.66 bits per heavy atom. The highest BCUT2D eigenvalue weighted by Gasteiger charge is 2.21. The third-order valence-corrected chi connectivity index (χ3v) is 6.46. The normalized spacial score (nSPS) is 11.9. The molecule has 0 aliphatic heterocycles. The molecule has 0 radical (unpaired) electrons. The predicted octanol–water partition coefficient (Wildman–Crippen LogP) is 4.06. The van der Waals surface area contributed by atoms with Gasteiger partial charge in [0.1, 0.15) is 22.8 Å². The van der Waals surface area contributed by atoms with Crippen molar-refractivity contribution in [2.75, 3.05) is 5.32 Å². The largest absolute Gasteiger partial charge is 0.340 e. The number of hydrogen-bond donors (Lipinski definition) is 3. The third-order valence-electron chi connectivity index (χ3n) is 4.52. The molecule has 0 fully saturated rings. The van der Waals surface area contributed by atoms with Gasteiger partial charge < -0.3 is 10.3 Å². The molecule has 10 heteroatoms. The van der Waals surface area contributed by atoms with Crippen molar-refractivity contribution in [1.82, 2.24) is 25.1 Å². The van der Waals surface area contributed by atoms with Crippen LogP contribution in [0.4, 0.5) is 11.5 Å². The summed E-state index contributed by atoms with van der Waals surface area (Å²) in [6.07, 6.45) is 3.10. The zero-order valence-corrected chi connectivity index (χ0v) is 16.3. The minimum absolute atomic E-state index is 0.0312. The number of fused-ring (bicyclic) bond motifs is 2. The molecule has 3 aromatic heterocycles. The number of hydrogen-bond acceptors (Lipinski definition) is 6. The van der Waals surface area contributed by atoms with Crippen LogP contribution in [0.15, 0.2) is 71.0 Å². The van der Waals surface area contributed by atoms with Crippen molar-refractivity contribution in [2.24, 2.45) is 0 Å². The fourth-order valence-corrected chi connectivity index (χ4v) is 4.44. The van der Waals surface area contributed by atoms with Crippen molar-refractivity contribution in [3.8, 4) is 0 Å². The molecule has 5 rings (SSSR count). The van der Waals surface area contributed by atoms with Crippen LogP contribution in [0.2, 0.25) is 5.02 Å². The smallest absolute Gasteiger partial charge is 0.221 e. The highest BCUT2D eigenvalue weighted by molar-refractivity contribution is 7.91. The van der Waals surface area contributed by atoms with Crippen LogP contribution in [-0.4, -0.2) is 33.6 Å². The van der Waals surface area contributed by atoms with Crippen LogP contribution in [0.1, 0.15) is 0 Å². The topological polar surface area (TPSA) is 116 Å².